The van der Waals surface area contributed by atoms with Crippen LogP contribution >= 0.6 is 0 Å². The summed E-state index contributed by atoms with van der Waals surface area (Å²) in [5, 5.41) is 0. The molecule has 0 radical (unpaired) electrons. The first-order valence-electron chi connectivity index (χ1n) is 9.18. The molecule has 0 aliphatic carbocycles. The lowest BCUT2D eigenvalue weighted by atomic mass is 10.1. The summed E-state index contributed by atoms with van der Waals surface area (Å²) < 4.78 is 37.6. The molecule has 1 amide bonds. The summed E-state index contributed by atoms with van der Waals surface area (Å²) in [7, 11) is 3.35. The summed E-state index contributed by atoms with van der Waals surface area (Å²) >= 11 is 0. The second-order valence-corrected chi connectivity index (χ2v) is 6.70. The van der Waals surface area contributed by atoms with E-state index in [1.807, 2.05) is 31.2 Å². The molecule has 3 aromatic rings. The van der Waals surface area contributed by atoms with Crippen LogP contribution in [0.3, 0.4) is 0 Å². The van der Waals surface area contributed by atoms with E-state index in [4.69, 9.17) is 9.15 Å². The van der Waals surface area contributed by atoms with Crippen molar-refractivity contribution in [3.05, 3.63) is 71.8 Å². The van der Waals surface area contributed by atoms with Crippen LogP contribution in [0.2, 0.25) is 0 Å². The molecule has 0 saturated carbocycles. The number of nitrogens with zero attached hydrogens (tertiary/aromatic N) is 2. The van der Waals surface area contributed by atoms with Gasteiger partial charge in [0.15, 0.2) is 11.7 Å². The van der Waals surface area contributed by atoms with Crippen LogP contribution in [0, 0.1) is 11.6 Å². The van der Waals surface area contributed by atoms with Crippen molar-refractivity contribution in [1.29, 1.82) is 0 Å². The standard InChI is InChI=1S/C22H22F2N2O3/c1-14(15-4-7-17(28-3)8-5-15)26(2)22(27)11-10-21-25-13-20(29-21)18-9-6-16(23)12-19(18)24/h4-9,12-14H,10-11H2,1-3H3. The van der Waals surface area contributed by atoms with Gasteiger partial charge in [-0.1, -0.05) is 12.1 Å². The molecule has 0 fully saturated rings. The van der Waals surface area contributed by atoms with Crippen molar-refractivity contribution in [3.63, 3.8) is 0 Å². The van der Waals surface area contributed by atoms with E-state index in [-0.39, 0.29) is 36.1 Å². The van der Waals surface area contributed by atoms with Crippen molar-refractivity contribution >= 4 is 5.91 Å². The minimum absolute atomic E-state index is 0.0685. The molecule has 29 heavy (non-hydrogen) atoms. The lowest BCUT2D eigenvalue weighted by molar-refractivity contribution is -0.131. The van der Waals surface area contributed by atoms with Crippen LogP contribution in [-0.4, -0.2) is 29.9 Å². The number of hydrogen-bond acceptors (Lipinski definition) is 4. The van der Waals surface area contributed by atoms with Crippen LogP contribution < -0.4 is 4.74 Å². The first-order chi connectivity index (χ1) is 13.9. The van der Waals surface area contributed by atoms with Gasteiger partial charge in [-0.15, -0.1) is 0 Å². The normalized spacial score (nSPS) is 11.9. The fourth-order valence-electron chi connectivity index (χ4n) is 2.95. The van der Waals surface area contributed by atoms with Crippen molar-refractivity contribution in [2.45, 2.75) is 25.8 Å². The molecule has 0 bridgehead atoms. The van der Waals surface area contributed by atoms with E-state index in [9.17, 15) is 13.6 Å². The Bertz CT molecular complexity index is 986. The third-order valence-electron chi connectivity index (χ3n) is 4.88. The minimum Gasteiger partial charge on any atom is -0.497 e. The zero-order chi connectivity index (χ0) is 21.0. The van der Waals surface area contributed by atoms with Crippen molar-refractivity contribution < 1.29 is 22.7 Å². The van der Waals surface area contributed by atoms with Gasteiger partial charge in [0.05, 0.1) is 24.9 Å². The molecule has 0 aliphatic rings. The predicted octanol–water partition coefficient (Wildman–Crippen LogP) is 4.78. The first kappa shape index (κ1) is 20.5. The maximum atomic E-state index is 13.9. The smallest absolute Gasteiger partial charge is 0.223 e. The number of aromatic nitrogens is 1. The first-order valence-corrected chi connectivity index (χ1v) is 9.18. The summed E-state index contributed by atoms with van der Waals surface area (Å²) in [6, 6.07) is 10.7. The Morgan fingerprint density at radius 1 is 1.21 bits per heavy atom. The second-order valence-electron chi connectivity index (χ2n) is 6.70. The highest BCUT2D eigenvalue weighted by Gasteiger charge is 2.19. The van der Waals surface area contributed by atoms with Gasteiger partial charge >= 0.3 is 0 Å². The van der Waals surface area contributed by atoms with E-state index in [1.54, 1.807) is 19.1 Å². The van der Waals surface area contributed by atoms with Crippen LogP contribution in [0.4, 0.5) is 8.78 Å². The molecule has 2 aromatic carbocycles. The highest BCUT2D eigenvalue weighted by atomic mass is 19.1. The molecule has 152 valence electrons. The molecule has 1 aromatic heterocycles. The Labute approximate surface area is 167 Å². The zero-order valence-corrected chi connectivity index (χ0v) is 16.5. The number of amides is 1. The van der Waals surface area contributed by atoms with Crippen LogP contribution in [0.25, 0.3) is 11.3 Å². The van der Waals surface area contributed by atoms with Gasteiger partial charge in [-0.25, -0.2) is 13.8 Å². The SMILES string of the molecule is COc1ccc(C(C)N(C)C(=O)CCc2ncc(-c3ccc(F)cc3F)o2)cc1. The second kappa shape index (κ2) is 8.86. The van der Waals surface area contributed by atoms with E-state index in [2.05, 4.69) is 4.98 Å². The predicted molar refractivity (Wildman–Crippen MR) is 104 cm³/mol. The number of rotatable bonds is 7. The van der Waals surface area contributed by atoms with Crippen LogP contribution in [0.5, 0.6) is 5.75 Å². The maximum Gasteiger partial charge on any atom is 0.223 e. The molecule has 5 nitrogen and oxygen atoms in total. The number of methoxy groups -OCH3 is 1. The Morgan fingerprint density at radius 3 is 2.59 bits per heavy atom. The molecule has 7 heteroatoms. The van der Waals surface area contributed by atoms with E-state index in [0.29, 0.717) is 5.89 Å². The molecular formula is C22H22F2N2O3. The number of carbonyl (C=O) groups is 1. The van der Waals surface area contributed by atoms with E-state index < -0.39 is 11.6 Å². The van der Waals surface area contributed by atoms with Crippen molar-refractivity contribution in [1.82, 2.24) is 9.88 Å². The quantitative estimate of drug-likeness (QED) is 0.573. The minimum atomic E-state index is -0.725. The average Bonchev–Trinajstić information content (AvgIpc) is 3.19. The zero-order valence-electron chi connectivity index (χ0n) is 16.5. The summed E-state index contributed by atoms with van der Waals surface area (Å²) in [4.78, 5) is 18.3. The summed E-state index contributed by atoms with van der Waals surface area (Å²) in [6.45, 7) is 1.94. The lowest BCUT2D eigenvalue weighted by Crippen LogP contribution is -2.29. The van der Waals surface area contributed by atoms with E-state index >= 15 is 0 Å². The van der Waals surface area contributed by atoms with Crippen molar-refractivity contribution in [2.24, 2.45) is 0 Å². The fourth-order valence-corrected chi connectivity index (χ4v) is 2.95. The molecule has 1 unspecified atom stereocenters. The number of carbonyl (C=O) groups excluding carboxylic acids is 1. The van der Waals surface area contributed by atoms with Gasteiger partial charge in [0.25, 0.3) is 0 Å². The third-order valence-corrected chi connectivity index (χ3v) is 4.88. The molecule has 0 N–H and O–H groups in total. The van der Waals surface area contributed by atoms with Crippen LogP contribution in [0.1, 0.15) is 30.8 Å². The Morgan fingerprint density at radius 2 is 1.93 bits per heavy atom. The third kappa shape index (κ3) is 4.80. The summed E-state index contributed by atoms with van der Waals surface area (Å²) in [6.07, 6.45) is 1.85. The van der Waals surface area contributed by atoms with Gasteiger partial charge in [-0.3, -0.25) is 4.79 Å². The van der Waals surface area contributed by atoms with Crippen LogP contribution in [-0.2, 0) is 11.2 Å². The van der Waals surface area contributed by atoms with Gasteiger partial charge in [0, 0.05) is 26.0 Å². The monoisotopic (exact) mass is 400 g/mol. The fraction of sp³-hybridized carbons (Fsp3) is 0.273. The summed E-state index contributed by atoms with van der Waals surface area (Å²) in [5.41, 5.74) is 1.12. The molecule has 3 rings (SSSR count). The molecule has 0 spiro atoms. The van der Waals surface area contributed by atoms with Gasteiger partial charge in [0.1, 0.15) is 17.4 Å². The van der Waals surface area contributed by atoms with Gasteiger partial charge in [-0.05, 0) is 36.8 Å². The van der Waals surface area contributed by atoms with Gasteiger partial charge < -0.3 is 14.1 Å². The maximum absolute atomic E-state index is 13.9. The molecule has 1 heterocycles. The van der Waals surface area contributed by atoms with Crippen molar-refractivity contribution in [3.8, 4) is 17.1 Å². The number of oxazole rings is 1. The lowest BCUT2D eigenvalue weighted by Gasteiger charge is -2.25. The number of aryl methyl sites for hydroxylation is 1. The van der Waals surface area contributed by atoms with E-state index in [0.717, 1.165) is 23.4 Å². The molecule has 0 saturated heterocycles. The van der Waals surface area contributed by atoms with Crippen molar-refractivity contribution in [2.75, 3.05) is 14.2 Å². The number of benzene rings is 2. The summed E-state index contributed by atoms with van der Waals surface area (Å²) in [5.74, 6) is -0.178. The number of hydrogen-bond donors (Lipinski definition) is 0. The highest BCUT2D eigenvalue weighted by molar-refractivity contribution is 5.76. The molecule has 0 aliphatic heterocycles. The molecular weight excluding hydrogens is 378 g/mol. The Hall–Kier alpha value is -3.22. The number of halogens is 2. The largest absolute Gasteiger partial charge is 0.497 e. The van der Waals surface area contributed by atoms with Gasteiger partial charge in [-0.2, -0.15) is 0 Å². The number of ether oxygens (including phenoxy) is 1. The Kier molecular flexibility index (Phi) is 6.26. The van der Waals surface area contributed by atoms with Crippen LogP contribution in [0.15, 0.2) is 53.1 Å². The topological polar surface area (TPSA) is 55.6 Å². The Balaban J connectivity index is 1.60. The average molecular weight is 400 g/mol. The van der Waals surface area contributed by atoms with E-state index in [1.165, 1.54) is 12.3 Å². The highest BCUT2D eigenvalue weighted by Crippen LogP contribution is 2.25. The van der Waals surface area contributed by atoms with Gasteiger partial charge in [0.2, 0.25) is 5.91 Å². The molecule has 1 atom stereocenters.